The van der Waals surface area contributed by atoms with E-state index in [9.17, 15) is 15.0 Å². The molecule has 0 fully saturated rings. The number of Topliss-reactive ketones (excluding diaryl/α,β-unsaturated/α-hetero) is 1. The fraction of sp³-hybridized carbons (Fsp3) is 0.182. The summed E-state index contributed by atoms with van der Waals surface area (Å²) in [4.78, 5) is 11.3. The Balaban J connectivity index is 2.55. The van der Waals surface area contributed by atoms with Crippen molar-refractivity contribution in [2.45, 2.75) is 12.8 Å². The van der Waals surface area contributed by atoms with Gasteiger partial charge in [0.05, 0.1) is 4.48 Å². The predicted molar refractivity (Wildman–Crippen MR) is 59.9 cm³/mol. The molecule has 0 unspecified atom stereocenters. The Morgan fingerprint density at radius 3 is 2.53 bits per heavy atom. The SMILES string of the molecule is O=C1CCC(c2cc(O)ccc2O)=C1Br. The van der Waals surface area contributed by atoms with Crippen LogP contribution >= 0.6 is 15.9 Å². The average Bonchev–Trinajstić information content (AvgIpc) is 2.52. The normalized spacial score (nSPS) is 16.2. The largest absolute Gasteiger partial charge is 0.508 e. The summed E-state index contributed by atoms with van der Waals surface area (Å²) in [5, 5.41) is 18.9. The molecular formula is C11H9BrO3. The molecule has 0 amide bonds. The van der Waals surface area contributed by atoms with E-state index in [4.69, 9.17) is 0 Å². The fourth-order valence-corrected chi connectivity index (χ4v) is 2.26. The van der Waals surface area contributed by atoms with Crippen molar-refractivity contribution in [1.82, 2.24) is 0 Å². The molecule has 1 aliphatic carbocycles. The van der Waals surface area contributed by atoms with Crippen LogP contribution in [0.4, 0.5) is 0 Å². The Labute approximate surface area is 95.2 Å². The van der Waals surface area contributed by atoms with E-state index in [2.05, 4.69) is 15.9 Å². The maximum Gasteiger partial charge on any atom is 0.170 e. The van der Waals surface area contributed by atoms with E-state index in [1.54, 1.807) is 0 Å². The number of allylic oxidation sites excluding steroid dienone is 2. The lowest BCUT2D eigenvalue weighted by Gasteiger charge is -2.06. The summed E-state index contributed by atoms with van der Waals surface area (Å²) in [7, 11) is 0. The molecule has 0 aliphatic heterocycles. The third kappa shape index (κ3) is 1.77. The van der Waals surface area contributed by atoms with Crippen LogP contribution in [-0.4, -0.2) is 16.0 Å². The molecule has 0 atom stereocenters. The number of halogens is 1. The highest BCUT2D eigenvalue weighted by atomic mass is 79.9. The van der Waals surface area contributed by atoms with Gasteiger partial charge in [-0.3, -0.25) is 4.79 Å². The van der Waals surface area contributed by atoms with E-state index in [0.29, 0.717) is 22.9 Å². The molecule has 0 aromatic heterocycles. The molecule has 0 radical (unpaired) electrons. The highest BCUT2D eigenvalue weighted by Gasteiger charge is 2.23. The molecule has 1 aromatic rings. The van der Waals surface area contributed by atoms with Crippen LogP contribution in [0.1, 0.15) is 18.4 Å². The topological polar surface area (TPSA) is 57.5 Å². The molecule has 4 heteroatoms. The molecule has 2 rings (SSSR count). The van der Waals surface area contributed by atoms with Crippen LogP contribution in [0.2, 0.25) is 0 Å². The van der Waals surface area contributed by atoms with Crippen molar-refractivity contribution in [2.24, 2.45) is 0 Å². The van der Waals surface area contributed by atoms with Gasteiger partial charge in [-0.15, -0.1) is 0 Å². The number of ketones is 1. The number of carbonyl (C=O) groups is 1. The van der Waals surface area contributed by atoms with E-state index < -0.39 is 0 Å². The fourth-order valence-electron chi connectivity index (χ4n) is 1.64. The molecule has 1 aromatic carbocycles. The van der Waals surface area contributed by atoms with Crippen molar-refractivity contribution in [1.29, 1.82) is 0 Å². The summed E-state index contributed by atoms with van der Waals surface area (Å²) in [5.74, 6) is 0.192. The van der Waals surface area contributed by atoms with Gasteiger partial charge in [0.2, 0.25) is 0 Å². The highest BCUT2D eigenvalue weighted by molar-refractivity contribution is 9.12. The van der Waals surface area contributed by atoms with Gasteiger partial charge in [0.15, 0.2) is 5.78 Å². The van der Waals surface area contributed by atoms with Gasteiger partial charge < -0.3 is 10.2 Å². The molecule has 3 nitrogen and oxygen atoms in total. The first-order valence-corrected chi connectivity index (χ1v) is 5.33. The van der Waals surface area contributed by atoms with Gasteiger partial charge in [-0.05, 0) is 46.1 Å². The second kappa shape index (κ2) is 3.70. The average molecular weight is 269 g/mol. The Morgan fingerprint density at radius 1 is 1.20 bits per heavy atom. The van der Waals surface area contributed by atoms with Gasteiger partial charge in [-0.2, -0.15) is 0 Å². The molecule has 15 heavy (non-hydrogen) atoms. The van der Waals surface area contributed by atoms with Crippen molar-refractivity contribution >= 4 is 27.3 Å². The van der Waals surface area contributed by atoms with E-state index in [0.717, 1.165) is 5.57 Å². The Hall–Kier alpha value is -1.29. The van der Waals surface area contributed by atoms with Crippen LogP contribution in [-0.2, 0) is 4.79 Å². The van der Waals surface area contributed by atoms with Crippen molar-refractivity contribution in [2.75, 3.05) is 0 Å². The van der Waals surface area contributed by atoms with Gasteiger partial charge in [0.1, 0.15) is 11.5 Å². The van der Waals surface area contributed by atoms with Crippen molar-refractivity contribution in [3.05, 3.63) is 28.2 Å². The van der Waals surface area contributed by atoms with E-state index in [-0.39, 0.29) is 17.3 Å². The zero-order valence-electron chi connectivity index (χ0n) is 7.83. The third-order valence-electron chi connectivity index (χ3n) is 2.42. The van der Waals surface area contributed by atoms with Crippen LogP contribution in [0.25, 0.3) is 5.57 Å². The molecule has 78 valence electrons. The highest BCUT2D eigenvalue weighted by Crippen LogP contribution is 2.39. The van der Waals surface area contributed by atoms with Gasteiger partial charge in [-0.1, -0.05) is 0 Å². The molecule has 0 heterocycles. The Kier molecular flexibility index (Phi) is 2.52. The van der Waals surface area contributed by atoms with E-state index >= 15 is 0 Å². The predicted octanol–water partition coefficient (Wildman–Crippen LogP) is 2.57. The molecule has 1 aliphatic rings. The summed E-state index contributed by atoms with van der Waals surface area (Å²) in [6.45, 7) is 0. The lowest BCUT2D eigenvalue weighted by Crippen LogP contribution is -1.87. The van der Waals surface area contributed by atoms with Gasteiger partial charge in [0, 0.05) is 12.0 Å². The quantitative estimate of drug-likeness (QED) is 0.770. The zero-order valence-corrected chi connectivity index (χ0v) is 9.41. The summed E-state index contributed by atoms with van der Waals surface area (Å²) in [6.07, 6.45) is 1.04. The van der Waals surface area contributed by atoms with E-state index in [1.807, 2.05) is 0 Å². The third-order valence-corrected chi connectivity index (χ3v) is 3.34. The number of rotatable bonds is 1. The molecule has 0 saturated heterocycles. The van der Waals surface area contributed by atoms with Gasteiger partial charge in [-0.25, -0.2) is 0 Å². The summed E-state index contributed by atoms with van der Waals surface area (Å²) in [5.41, 5.74) is 1.28. The molecule has 0 spiro atoms. The Morgan fingerprint density at radius 2 is 1.93 bits per heavy atom. The standard InChI is InChI=1S/C11H9BrO3/c12-11-7(2-4-10(11)15)8-5-6(13)1-3-9(8)14/h1,3,5,13-14H,2,4H2. The minimum atomic E-state index is 0.0349. The van der Waals surface area contributed by atoms with Crippen molar-refractivity contribution < 1.29 is 15.0 Å². The van der Waals surface area contributed by atoms with Crippen molar-refractivity contribution in [3.8, 4) is 11.5 Å². The summed E-state index contributed by atoms with van der Waals surface area (Å²) < 4.78 is 0.503. The lowest BCUT2D eigenvalue weighted by atomic mass is 10.0. The van der Waals surface area contributed by atoms with Crippen LogP contribution in [0.15, 0.2) is 22.7 Å². The molecular weight excluding hydrogens is 260 g/mol. The van der Waals surface area contributed by atoms with Crippen LogP contribution in [0, 0.1) is 0 Å². The number of hydrogen-bond donors (Lipinski definition) is 2. The maximum atomic E-state index is 11.3. The summed E-state index contributed by atoms with van der Waals surface area (Å²) >= 11 is 3.20. The number of phenols is 2. The van der Waals surface area contributed by atoms with Crippen LogP contribution < -0.4 is 0 Å². The smallest absolute Gasteiger partial charge is 0.170 e. The second-order valence-corrected chi connectivity index (χ2v) is 4.21. The monoisotopic (exact) mass is 268 g/mol. The van der Waals surface area contributed by atoms with Crippen molar-refractivity contribution in [3.63, 3.8) is 0 Å². The summed E-state index contributed by atoms with van der Waals surface area (Å²) in [6, 6.07) is 4.29. The molecule has 0 bridgehead atoms. The zero-order chi connectivity index (χ0) is 11.0. The number of aromatic hydroxyl groups is 2. The van der Waals surface area contributed by atoms with Crippen LogP contribution in [0.3, 0.4) is 0 Å². The number of carbonyl (C=O) groups excluding carboxylic acids is 1. The minimum absolute atomic E-state index is 0.0349. The van der Waals surface area contributed by atoms with Crippen LogP contribution in [0.5, 0.6) is 11.5 Å². The maximum absolute atomic E-state index is 11.3. The van der Waals surface area contributed by atoms with Gasteiger partial charge >= 0.3 is 0 Å². The first kappa shape index (κ1) is 10.2. The molecule has 0 saturated carbocycles. The van der Waals surface area contributed by atoms with Gasteiger partial charge in [0.25, 0.3) is 0 Å². The number of benzene rings is 1. The second-order valence-electron chi connectivity index (χ2n) is 3.42. The Bertz CT molecular complexity index is 463. The first-order chi connectivity index (χ1) is 7.09. The van der Waals surface area contributed by atoms with E-state index in [1.165, 1.54) is 18.2 Å². The first-order valence-electron chi connectivity index (χ1n) is 4.54. The number of phenolic OH excluding ortho intramolecular Hbond substituents is 2. The number of hydrogen-bond acceptors (Lipinski definition) is 3. The lowest BCUT2D eigenvalue weighted by molar-refractivity contribution is -0.114. The minimum Gasteiger partial charge on any atom is -0.508 e. The molecule has 2 N–H and O–H groups in total.